The SMILES string of the molecule is NC(=O)c1ccc(NC(=O)c2cn[nH]c2-c2ccc3c(c2)OCO3)cc1. The third-order valence-corrected chi connectivity index (χ3v) is 3.97. The molecule has 0 fully saturated rings. The highest BCUT2D eigenvalue weighted by Crippen LogP contribution is 2.36. The lowest BCUT2D eigenvalue weighted by Crippen LogP contribution is -2.13. The highest BCUT2D eigenvalue weighted by atomic mass is 16.7. The van der Waals surface area contributed by atoms with Gasteiger partial charge in [0.2, 0.25) is 12.7 Å². The Balaban J connectivity index is 1.58. The molecule has 1 aromatic heterocycles. The average molecular weight is 350 g/mol. The zero-order valence-corrected chi connectivity index (χ0v) is 13.5. The standard InChI is InChI=1S/C18H14N4O4/c19-17(23)10-1-4-12(5-2-10)21-18(24)13-8-20-22-16(13)11-3-6-14-15(7-11)26-9-25-14/h1-8H,9H2,(H2,19,23)(H,20,22)(H,21,24). The number of nitrogens with zero attached hydrogens (tertiary/aromatic N) is 1. The minimum absolute atomic E-state index is 0.177. The van der Waals surface area contributed by atoms with Gasteiger partial charge >= 0.3 is 0 Å². The number of ether oxygens (including phenoxy) is 2. The first kappa shape index (κ1) is 15.7. The van der Waals surface area contributed by atoms with Crippen molar-refractivity contribution in [3.8, 4) is 22.8 Å². The highest BCUT2D eigenvalue weighted by molar-refractivity contribution is 6.08. The van der Waals surface area contributed by atoms with Crippen molar-refractivity contribution in [3.05, 3.63) is 59.8 Å². The number of aromatic amines is 1. The lowest BCUT2D eigenvalue weighted by molar-refractivity contribution is 0.0998. The summed E-state index contributed by atoms with van der Waals surface area (Å²) in [5.41, 5.74) is 7.81. The number of carbonyl (C=O) groups is 2. The van der Waals surface area contributed by atoms with Crippen molar-refractivity contribution in [3.63, 3.8) is 0 Å². The number of anilines is 1. The summed E-state index contributed by atoms with van der Waals surface area (Å²) in [4.78, 5) is 23.7. The maximum Gasteiger partial charge on any atom is 0.259 e. The van der Waals surface area contributed by atoms with Gasteiger partial charge in [0.05, 0.1) is 17.5 Å². The van der Waals surface area contributed by atoms with Crippen LogP contribution in [0, 0.1) is 0 Å². The van der Waals surface area contributed by atoms with Crippen molar-refractivity contribution in [2.24, 2.45) is 5.73 Å². The van der Waals surface area contributed by atoms with Gasteiger partial charge in [-0.1, -0.05) is 0 Å². The summed E-state index contributed by atoms with van der Waals surface area (Å²) in [6.45, 7) is 0.177. The highest BCUT2D eigenvalue weighted by Gasteiger charge is 2.19. The lowest BCUT2D eigenvalue weighted by atomic mass is 10.1. The molecular weight excluding hydrogens is 336 g/mol. The van der Waals surface area contributed by atoms with Crippen molar-refractivity contribution in [2.45, 2.75) is 0 Å². The zero-order valence-electron chi connectivity index (χ0n) is 13.5. The Morgan fingerprint density at radius 3 is 2.62 bits per heavy atom. The summed E-state index contributed by atoms with van der Waals surface area (Å²) in [5, 5.41) is 9.57. The predicted octanol–water partition coefficient (Wildman–Crippen LogP) is 2.16. The monoisotopic (exact) mass is 350 g/mol. The van der Waals surface area contributed by atoms with Gasteiger partial charge in [0.25, 0.3) is 5.91 Å². The number of amides is 2. The third-order valence-electron chi connectivity index (χ3n) is 3.97. The van der Waals surface area contributed by atoms with E-state index >= 15 is 0 Å². The molecule has 1 aliphatic heterocycles. The Morgan fingerprint density at radius 2 is 1.85 bits per heavy atom. The summed E-state index contributed by atoms with van der Waals surface area (Å²) in [7, 11) is 0. The van der Waals surface area contributed by atoms with Crippen LogP contribution >= 0.6 is 0 Å². The second-order valence-electron chi connectivity index (χ2n) is 5.62. The van der Waals surface area contributed by atoms with Crippen molar-refractivity contribution in [2.75, 3.05) is 12.1 Å². The van der Waals surface area contributed by atoms with Crippen LogP contribution in [0.4, 0.5) is 5.69 Å². The van der Waals surface area contributed by atoms with Crippen LogP contribution in [0.2, 0.25) is 0 Å². The molecular formula is C18H14N4O4. The maximum absolute atomic E-state index is 12.6. The summed E-state index contributed by atoms with van der Waals surface area (Å²) >= 11 is 0. The zero-order chi connectivity index (χ0) is 18.1. The first-order valence-corrected chi connectivity index (χ1v) is 7.76. The van der Waals surface area contributed by atoms with Gasteiger partial charge in [0.15, 0.2) is 11.5 Å². The van der Waals surface area contributed by atoms with Gasteiger partial charge in [-0.25, -0.2) is 0 Å². The predicted molar refractivity (Wildman–Crippen MR) is 93.1 cm³/mol. The number of hydrogen-bond donors (Lipinski definition) is 3. The molecule has 2 aromatic carbocycles. The van der Waals surface area contributed by atoms with E-state index in [2.05, 4.69) is 15.5 Å². The molecule has 3 aromatic rings. The first-order valence-electron chi connectivity index (χ1n) is 7.76. The topological polar surface area (TPSA) is 119 Å². The number of nitrogens with two attached hydrogens (primary N) is 1. The molecule has 0 radical (unpaired) electrons. The third kappa shape index (κ3) is 2.84. The number of H-pyrrole nitrogens is 1. The minimum Gasteiger partial charge on any atom is -0.454 e. The minimum atomic E-state index is -0.525. The summed E-state index contributed by atoms with van der Waals surface area (Å²) in [6, 6.07) is 11.7. The van der Waals surface area contributed by atoms with Gasteiger partial charge in [0.1, 0.15) is 0 Å². The van der Waals surface area contributed by atoms with E-state index in [0.717, 1.165) is 5.56 Å². The Hall–Kier alpha value is -3.81. The van der Waals surface area contributed by atoms with Crippen molar-refractivity contribution >= 4 is 17.5 Å². The normalized spacial score (nSPS) is 12.0. The van der Waals surface area contributed by atoms with E-state index in [0.29, 0.717) is 34.0 Å². The van der Waals surface area contributed by atoms with E-state index in [-0.39, 0.29) is 12.7 Å². The fourth-order valence-corrected chi connectivity index (χ4v) is 2.65. The number of fused-ring (bicyclic) bond motifs is 1. The molecule has 0 aliphatic carbocycles. The number of aromatic nitrogens is 2. The first-order chi connectivity index (χ1) is 12.6. The average Bonchev–Trinajstić information content (AvgIpc) is 3.30. The van der Waals surface area contributed by atoms with Gasteiger partial charge in [-0.2, -0.15) is 5.10 Å². The van der Waals surface area contributed by atoms with E-state index in [1.165, 1.54) is 6.20 Å². The van der Waals surface area contributed by atoms with Gasteiger partial charge in [0, 0.05) is 16.8 Å². The summed E-state index contributed by atoms with van der Waals surface area (Å²) in [6.07, 6.45) is 1.45. The Bertz CT molecular complexity index is 995. The molecule has 0 saturated carbocycles. The van der Waals surface area contributed by atoms with E-state index in [1.54, 1.807) is 36.4 Å². The molecule has 0 spiro atoms. The van der Waals surface area contributed by atoms with E-state index in [1.807, 2.05) is 6.07 Å². The molecule has 2 heterocycles. The molecule has 2 amide bonds. The fourth-order valence-electron chi connectivity index (χ4n) is 2.65. The lowest BCUT2D eigenvalue weighted by Gasteiger charge is -2.07. The quantitative estimate of drug-likeness (QED) is 0.666. The second kappa shape index (κ2) is 6.25. The Kier molecular flexibility index (Phi) is 3.77. The van der Waals surface area contributed by atoms with Crippen LogP contribution in [-0.4, -0.2) is 28.8 Å². The molecule has 0 atom stereocenters. The van der Waals surface area contributed by atoms with Gasteiger partial charge in [-0.15, -0.1) is 0 Å². The van der Waals surface area contributed by atoms with Crippen molar-refractivity contribution in [1.82, 2.24) is 10.2 Å². The van der Waals surface area contributed by atoms with Crippen LogP contribution in [0.15, 0.2) is 48.7 Å². The molecule has 4 rings (SSSR count). The second-order valence-corrected chi connectivity index (χ2v) is 5.62. The molecule has 8 nitrogen and oxygen atoms in total. The van der Waals surface area contributed by atoms with Crippen molar-refractivity contribution in [1.29, 1.82) is 0 Å². The van der Waals surface area contributed by atoms with Crippen LogP contribution in [0.1, 0.15) is 20.7 Å². The van der Waals surface area contributed by atoms with Gasteiger partial charge < -0.3 is 20.5 Å². The van der Waals surface area contributed by atoms with E-state index in [4.69, 9.17) is 15.2 Å². The van der Waals surface area contributed by atoms with Crippen LogP contribution in [0.25, 0.3) is 11.3 Å². The molecule has 0 bridgehead atoms. The smallest absolute Gasteiger partial charge is 0.259 e. The summed E-state index contributed by atoms with van der Waals surface area (Å²) < 4.78 is 10.7. The molecule has 26 heavy (non-hydrogen) atoms. The number of rotatable bonds is 4. The number of primary amides is 1. The van der Waals surface area contributed by atoms with Crippen LogP contribution in [0.3, 0.4) is 0 Å². The molecule has 0 saturated heterocycles. The number of benzene rings is 2. The van der Waals surface area contributed by atoms with E-state index in [9.17, 15) is 9.59 Å². The fraction of sp³-hybridized carbons (Fsp3) is 0.0556. The largest absolute Gasteiger partial charge is 0.454 e. The van der Waals surface area contributed by atoms with Crippen molar-refractivity contribution < 1.29 is 19.1 Å². The van der Waals surface area contributed by atoms with Gasteiger partial charge in [-0.3, -0.25) is 14.7 Å². The molecule has 4 N–H and O–H groups in total. The molecule has 0 unspecified atom stereocenters. The Labute approximate surface area is 147 Å². The molecule has 130 valence electrons. The number of nitrogens with one attached hydrogen (secondary N) is 2. The van der Waals surface area contributed by atoms with Crippen LogP contribution < -0.4 is 20.5 Å². The summed E-state index contributed by atoms with van der Waals surface area (Å²) in [5.74, 6) is 0.417. The number of hydrogen-bond acceptors (Lipinski definition) is 5. The molecule has 8 heteroatoms. The van der Waals surface area contributed by atoms with E-state index < -0.39 is 5.91 Å². The van der Waals surface area contributed by atoms with Gasteiger partial charge in [-0.05, 0) is 42.5 Å². The number of carbonyl (C=O) groups excluding carboxylic acids is 2. The Morgan fingerprint density at radius 1 is 1.08 bits per heavy atom. The van der Waals surface area contributed by atoms with Crippen LogP contribution in [-0.2, 0) is 0 Å². The van der Waals surface area contributed by atoms with Crippen LogP contribution in [0.5, 0.6) is 11.5 Å². The maximum atomic E-state index is 12.6. The molecule has 1 aliphatic rings.